The molecule has 1 aromatic heterocycles. The minimum Gasteiger partial charge on any atom is -0.445 e. The highest BCUT2D eigenvalue weighted by Crippen LogP contribution is 2.32. The minimum absolute atomic E-state index is 0.118. The van der Waals surface area contributed by atoms with E-state index in [1.165, 1.54) is 18.3 Å². The predicted molar refractivity (Wildman–Crippen MR) is 84.4 cm³/mol. The molecule has 1 aliphatic rings. The van der Waals surface area contributed by atoms with Gasteiger partial charge in [0.2, 0.25) is 9.70 Å². The zero-order valence-corrected chi connectivity index (χ0v) is 14.2. The Balaban J connectivity index is 1.97. The first kappa shape index (κ1) is 16.7. The van der Waals surface area contributed by atoms with Gasteiger partial charge in [0.1, 0.15) is 6.61 Å². The molecule has 0 spiro atoms. The van der Waals surface area contributed by atoms with Crippen molar-refractivity contribution in [3.05, 3.63) is 16.5 Å². The molecule has 2 rings (SSSR count). The molecule has 1 aromatic rings. The average molecular weight is 372 g/mol. The molecule has 5 nitrogen and oxygen atoms in total. The minimum atomic E-state index is -1.61. The Labute approximate surface area is 141 Å². The van der Waals surface area contributed by atoms with Crippen LogP contribution in [0.25, 0.3) is 0 Å². The van der Waals surface area contributed by atoms with Crippen LogP contribution in [0.1, 0.15) is 17.4 Å². The van der Waals surface area contributed by atoms with Gasteiger partial charge in [-0.3, -0.25) is 4.79 Å². The van der Waals surface area contributed by atoms with Crippen LogP contribution in [0.2, 0.25) is 0 Å². The molecule has 0 saturated carbocycles. The smallest absolute Gasteiger partial charge is 0.410 e. The number of nitrogens with one attached hydrogen (secondary N) is 1. The molecule has 21 heavy (non-hydrogen) atoms. The number of rotatable bonds is 2. The van der Waals surface area contributed by atoms with Gasteiger partial charge < -0.3 is 15.0 Å². The molecule has 0 atom stereocenters. The Kier molecular flexibility index (Phi) is 5.24. The number of nitrogens with zero attached hydrogens (tertiary/aromatic N) is 1. The van der Waals surface area contributed by atoms with Crippen molar-refractivity contribution < 1.29 is 14.3 Å². The van der Waals surface area contributed by atoms with Crippen LogP contribution in [0, 0.1) is 0 Å². The lowest BCUT2D eigenvalue weighted by atomic mass is 10.1. The van der Waals surface area contributed by atoms with Gasteiger partial charge >= 0.3 is 6.09 Å². The molecule has 116 valence electrons. The van der Waals surface area contributed by atoms with Gasteiger partial charge in [-0.1, -0.05) is 34.8 Å². The number of alkyl halides is 3. The standard InChI is InChI=1S/C12H13Cl3N2O3S/c1-7(18)16-10-4-8-5-17(3-2-9(8)21-10)11(19)20-6-12(13,14)15/h4H,2-3,5-6H2,1H3,(H,16,18). The number of carbonyl (C=O) groups is 2. The maximum atomic E-state index is 11.9. The highest BCUT2D eigenvalue weighted by molar-refractivity contribution is 7.16. The van der Waals surface area contributed by atoms with E-state index in [9.17, 15) is 9.59 Å². The van der Waals surface area contributed by atoms with E-state index < -0.39 is 9.89 Å². The second-order valence-corrected chi connectivity index (χ2v) is 8.23. The molecular weight excluding hydrogens is 359 g/mol. The Hall–Kier alpha value is -0.690. The average Bonchev–Trinajstić information content (AvgIpc) is 2.74. The molecule has 0 aromatic carbocycles. The summed E-state index contributed by atoms with van der Waals surface area (Å²) in [6.07, 6.45) is 0.196. The monoisotopic (exact) mass is 370 g/mol. The summed E-state index contributed by atoms with van der Waals surface area (Å²) in [6, 6.07) is 1.87. The van der Waals surface area contributed by atoms with E-state index in [1.54, 1.807) is 4.90 Å². The maximum Gasteiger partial charge on any atom is 0.410 e. The van der Waals surface area contributed by atoms with Crippen molar-refractivity contribution in [2.75, 3.05) is 18.5 Å². The van der Waals surface area contributed by atoms with Gasteiger partial charge in [-0.2, -0.15) is 0 Å². The number of anilines is 1. The summed E-state index contributed by atoms with van der Waals surface area (Å²) in [6.45, 7) is 2.12. The quantitative estimate of drug-likeness (QED) is 0.809. The normalized spacial score (nSPS) is 14.6. The van der Waals surface area contributed by atoms with Gasteiger partial charge in [-0.05, 0) is 18.1 Å². The van der Waals surface area contributed by atoms with E-state index in [2.05, 4.69) is 5.32 Å². The molecule has 2 heterocycles. The summed E-state index contributed by atoms with van der Waals surface area (Å²) in [7, 11) is 0. The molecule has 1 aliphatic heterocycles. The fourth-order valence-electron chi connectivity index (χ4n) is 1.96. The molecule has 0 fully saturated rings. The summed E-state index contributed by atoms with van der Waals surface area (Å²) < 4.78 is 3.34. The van der Waals surface area contributed by atoms with E-state index in [0.717, 1.165) is 15.4 Å². The topological polar surface area (TPSA) is 58.6 Å². The largest absolute Gasteiger partial charge is 0.445 e. The second kappa shape index (κ2) is 6.60. The van der Waals surface area contributed by atoms with Crippen molar-refractivity contribution in [1.29, 1.82) is 0 Å². The van der Waals surface area contributed by atoms with Crippen LogP contribution >= 0.6 is 46.1 Å². The second-order valence-electron chi connectivity index (χ2n) is 4.58. The first-order valence-corrected chi connectivity index (χ1v) is 8.07. The van der Waals surface area contributed by atoms with Gasteiger partial charge in [0.15, 0.2) is 0 Å². The van der Waals surface area contributed by atoms with Crippen LogP contribution in [0.4, 0.5) is 9.80 Å². The number of halogens is 3. The first-order valence-electron chi connectivity index (χ1n) is 6.12. The molecule has 9 heteroatoms. The summed E-state index contributed by atoms with van der Waals surface area (Å²) in [5.74, 6) is -0.118. The predicted octanol–water partition coefficient (Wildman–Crippen LogP) is 3.57. The third-order valence-electron chi connectivity index (χ3n) is 2.78. The number of thiophene rings is 1. The van der Waals surface area contributed by atoms with Gasteiger partial charge in [-0.15, -0.1) is 11.3 Å². The zero-order valence-electron chi connectivity index (χ0n) is 11.1. The van der Waals surface area contributed by atoms with Crippen LogP contribution in [0.15, 0.2) is 6.07 Å². The zero-order chi connectivity index (χ0) is 15.6. The number of hydrogen-bond acceptors (Lipinski definition) is 4. The van der Waals surface area contributed by atoms with E-state index in [0.29, 0.717) is 19.5 Å². The summed E-state index contributed by atoms with van der Waals surface area (Å²) >= 11 is 18.2. The molecule has 1 N–H and O–H groups in total. The molecule has 2 amide bonds. The molecule has 0 bridgehead atoms. The lowest BCUT2D eigenvalue weighted by molar-refractivity contribution is -0.114. The van der Waals surface area contributed by atoms with Crippen LogP contribution in [0.3, 0.4) is 0 Å². The van der Waals surface area contributed by atoms with Gasteiger partial charge in [0.05, 0.1) is 11.5 Å². The van der Waals surface area contributed by atoms with Gasteiger partial charge in [0.25, 0.3) is 0 Å². The van der Waals surface area contributed by atoms with E-state index in [-0.39, 0.29) is 12.5 Å². The van der Waals surface area contributed by atoms with Crippen molar-refractivity contribution in [3.63, 3.8) is 0 Å². The van der Waals surface area contributed by atoms with Crippen LogP contribution in [-0.2, 0) is 22.5 Å². The highest BCUT2D eigenvalue weighted by atomic mass is 35.6. The summed E-state index contributed by atoms with van der Waals surface area (Å²) in [4.78, 5) is 25.7. The van der Waals surface area contributed by atoms with Crippen molar-refractivity contribution in [3.8, 4) is 0 Å². The first-order chi connectivity index (χ1) is 9.74. The van der Waals surface area contributed by atoms with Crippen molar-refractivity contribution in [1.82, 2.24) is 4.90 Å². The van der Waals surface area contributed by atoms with Crippen molar-refractivity contribution in [2.24, 2.45) is 0 Å². The fourth-order valence-corrected chi connectivity index (χ4v) is 3.23. The van der Waals surface area contributed by atoms with Crippen LogP contribution in [-0.4, -0.2) is 33.8 Å². The van der Waals surface area contributed by atoms with Crippen LogP contribution in [0.5, 0.6) is 0 Å². The van der Waals surface area contributed by atoms with E-state index in [4.69, 9.17) is 39.5 Å². The lowest BCUT2D eigenvalue weighted by Crippen LogP contribution is -2.37. The molecule has 0 saturated heterocycles. The SMILES string of the molecule is CC(=O)Nc1cc2c(s1)CCN(C(=O)OCC(Cl)(Cl)Cl)C2. The molecular formula is C12H13Cl3N2O3S. The third kappa shape index (κ3) is 4.92. The van der Waals surface area contributed by atoms with Crippen LogP contribution < -0.4 is 5.32 Å². The number of carbonyl (C=O) groups excluding carboxylic acids is 2. The van der Waals surface area contributed by atoms with Crippen molar-refractivity contribution in [2.45, 2.75) is 23.7 Å². The molecule has 0 aliphatic carbocycles. The maximum absolute atomic E-state index is 11.9. The lowest BCUT2D eigenvalue weighted by Gasteiger charge is -2.26. The number of fused-ring (bicyclic) bond motifs is 1. The Morgan fingerprint density at radius 1 is 1.48 bits per heavy atom. The molecule has 0 unspecified atom stereocenters. The fraction of sp³-hybridized carbons (Fsp3) is 0.500. The molecule has 0 radical (unpaired) electrons. The summed E-state index contributed by atoms with van der Waals surface area (Å²) in [5, 5.41) is 3.53. The third-order valence-corrected chi connectivity index (χ3v) is 4.26. The Morgan fingerprint density at radius 3 is 2.81 bits per heavy atom. The number of ether oxygens (including phenoxy) is 1. The number of hydrogen-bond donors (Lipinski definition) is 1. The van der Waals surface area contributed by atoms with E-state index >= 15 is 0 Å². The Bertz CT molecular complexity index is 556. The van der Waals surface area contributed by atoms with Gasteiger partial charge in [-0.25, -0.2) is 4.79 Å². The summed E-state index contributed by atoms with van der Waals surface area (Å²) in [5.41, 5.74) is 1.00. The van der Waals surface area contributed by atoms with E-state index in [1.807, 2.05) is 6.07 Å². The van der Waals surface area contributed by atoms with Gasteiger partial charge in [0, 0.05) is 18.3 Å². The highest BCUT2D eigenvalue weighted by Gasteiger charge is 2.27. The van der Waals surface area contributed by atoms with Crippen molar-refractivity contribution >= 4 is 63.1 Å². The number of amides is 2. The Morgan fingerprint density at radius 2 is 2.19 bits per heavy atom.